The Morgan fingerprint density at radius 3 is 2.57 bits per heavy atom. The molecule has 0 aromatic heterocycles. The summed E-state index contributed by atoms with van der Waals surface area (Å²) in [6, 6.07) is 6.30. The monoisotopic (exact) mass is 288 g/mol. The van der Waals surface area contributed by atoms with Gasteiger partial charge in [-0.25, -0.2) is 0 Å². The Morgan fingerprint density at radius 2 is 1.86 bits per heavy atom. The molecule has 2 aliphatic rings. The van der Waals surface area contributed by atoms with Crippen molar-refractivity contribution in [3.05, 3.63) is 34.9 Å². The van der Waals surface area contributed by atoms with Gasteiger partial charge in [-0.05, 0) is 60.6 Å². The maximum atomic E-state index is 11.2. The number of aliphatic carboxylic acids is 1. The number of aryl methyl sites for hydroxylation is 2. The number of hydrogen-bond acceptors (Lipinski definition) is 2. The minimum absolute atomic E-state index is 0.189. The molecule has 2 N–H and O–H groups in total. The topological polar surface area (TPSA) is 57.5 Å². The SMILES string of the molecule is O=C(O)CC1(CC(O)c2ccc3c(c2)CCC3)CCCC1. The first-order chi connectivity index (χ1) is 10.1. The van der Waals surface area contributed by atoms with Gasteiger partial charge in [0.1, 0.15) is 0 Å². The van der Waals surface area contributed by atoms with Crippen molar-refractivity contribution in [2.45, 2.75) is 63.9 Å². The molecule has 0 saturated heterocycles. The van der Waals surface area contributed by atoms with Crippen LogP contribution < -0.4 is 0 Å². The van der Waals surface area contributed by atoms with E-state index in [2.05, 4.69) is 12.1 Å². The molecule has 0 aliphatic heterocycles. The number of aliphatic hydroxyl groups excluding tert-OH is 1. The minimum atomic E-state index is -0.738. The van der Waals surface area contributed by atoms with Crippen molar-refractivity contribution in [3.63, 3.8) is 0 Å². The summed E-state index contributed by atoms with van der Waals surface area (Å²) < 4.78 is 0. The third-order valence-electron chi connectivity index (χ3n) is 5.32. The van der Waals surface area contributed by atoms with Crippen LogP contribution in [-0.4, -0.2) is 16.2 Å². The summed E-state index contributed by atoms with van der Waals surface area (Å²) in [6.07, 6.45) is 7.74. The largest absolute Gasteiger partial charge is 0.481 e. The Labute approximate surface area is 126 Å². The van der Waals surface area contributed by atoms with E-state index in [0.29, 0.717) is 6.42 Å². The first-order valence-corrected chi connectivity index (χ1v) is 8.10. The summed E-state index contributed by atoms with van der Waals surface area (Å²) in [6.45, 7) is 0. The molecule has 0 bridgehead atoms. The van der Waals surface area contributed by atoms with E-state index in [4.69, 9.17) is 5.11 Å². The summed E-state index contributed by atoms with van der Waals surface area (Å²) in [5, 5.41) is 19.8. The van der Waals surface area contributed by atoms with Crippen molar-refractivity contribution >= 4 is 5.97 Å². The first kappa shape index (κ1) is 14.6. The molecule has 2 aliphatic carbocycles. The Balaban J connectivity index is 1.75. The zero-order valence-corrected chi connectivity index (χ0v) is 12.5. The average Bonchev–Trinajstić information content (AvgIpc) is 3.06. The smallest absolute Gasteiger partial charge is 0.303 e. The second kappa shape index (κ2) is 5.80. The number of carbonyl (C=O) groups is 1. The van der Waals surface area contributed by atoms with E-state index in [9.17, 15) is 9.90 Å². The molecule has 1 saturated carbocycles. The lowest BCUT2D eigenvalue weighted by atomic mass is 9.76. The number of aliphatic hydroxyl groups is 1. The van der Waals surface area contributed by atoms with Gasteiger partial charge in [0.2, 0.25) is 0 Å². The molecule has 21 heavy (non-hydrogen) atoms. The quantitative estimate of drug-likeness (QED) is 0.869. The van der Waals surface area contributed by atoms with Crippen molar-refractivity contribution in [2.24, 2.45) is 5.41 Å². The lowest BCUT2D eigenvalue weighted by Gasteiger charge is -2.30. The molecule has 1 aromatic carbocycles. The third-order valence-corrected chi connectivity index (χ3v) is 5.32. The van der Waals surface area contributed by atoms with Crippen molar-refractivity contribution in [1.82, 2.24) is 0 Å². The molecule has 1 aromatic rings. The van der Waals surface area contributed by atoms with Crippen LogP contribution in [0.5, 0.6) is 0 Å². The summed E-state index contributed by atoms with van der Waals surface area (Å²) in [5.41, 5.74) is 3.54. The van der Waals surface area contributed by atoms with Crippen LogP contribution in [-0.2, 0) is 17.6 Å². The highest BCUT2D eigenvalue weighted by Gasteiger charge is 2.38. The minimum Gasteiger partial charge on any atom is -0.481 e. The summed E-state index contributed by atoms with van der Waals surface area (Å²) in [5.74, 6) is -0.738. The van der Waals surface area contributed by atoms with Crippen LogP contribution in [0.3, 0.4) is 0 Å². The predicted molar refractivity (Wildman–Crippen MR) is 81.2 cm³/mol. The molecular formula is C18H24O3. The predicted octanol–water partition coefficient (Wildman–Crippen LogP) is 3.63. The highest BCUT2D eigenvalue weighted by Crippen LogP contribution is 2.47. The van der Waals surface area contributed by atoms with Crippen LogP contribution in [0.15, 0.2) is 18.2 Å². The first-order valence-electron chi connectivity index (χ1n) is 8.10. The van der Waals surface area contributed by atoms with Crippen LogP contribution in [0.1, 0.15) is 67.7 Å². The molecule has 3 rings (SSSR count). The maximum Gasteiger partial charge on any atom is 0.303 e. The van der Waals surface area contributed by atoms with Gasteiger partial charge in [-0.15, -0.1) is 0 Å². The van der Waals surface area contributed by atoms with Gasteiger partial charge < -0.3 is 10.2 Å². The number of carboxylic acids is 1. The van der Waals surface area contributed by atoms with E-state index in [1.54, 1.807) is 0 Å². The van der Waals surface area contributed by atoms with Gasteiger partial charge in [0.25, 0.3) is 0 Å². The zero-order valence-electron chi connectivity index (χ0n) is 12.5. The summed E-state index contributed by atoms with van der Waals surface area (Å²) in [4.78, 5) is 11.2. The second-order valence-corrected chi connectivity index (χ2v) is 6.88. The van der Waals surface area contributed by atoms with E-state index >= 15 is 0 Å². The van der Waals surface area contributed by atoms with Gasteiger partial charge in [0, 0.05) is 0 Å². The lowest BCUT2D eigenvalue weighted by Crippen LogP contribution is -2.24. The maximum absolute atomic E-state index is 11.2. The molecule has 114 valence electrons. The molecule has 1 atom stereocenters. The van der Waals surface area contributed by atoms with Gasteiger partial charge in [-0.3, -0.25) is 4.79 Å². The van der Waals surface area contributed by atoms with E-state index in [1.807, 2.05) is 6.07 Å². The fourth-order valence-corrected chi connectivity index (χ4v) is 4.23. The number of fused-ring (bicyclic) bond motifs is 1. The molecule has 0 heterocycles. The van der Waals surface area contributed by atoms with Gasteiger partial charge >= 0.3 is 5.97 Å². The Kier molecular flexibility index (Phi) is 4.03. The zero-order chi connectivity index (χ0) is 14.9. The third kappa shape index (κ3) is 3.13. The Bertz CT molecular complexity index is 529. The van der Waals surface area contributed by atoms with Crippen molar-refractivity contribution in [2.75, 3.05) is 0 Å². The highest BCUT2D eigenvalue weighted by atomic mass is 16.4. The van der Waals surface area contributed by atoms with Gasteiger partial charge in [0.15, 0.2) is 0 Å². The van der Waals surface area contributed by atoms with E-state index in [-0.39, 0.29) is 11.8 Å². The molecule has 0 radical (unpaired) electrons. The Morgan fingerprint density at radius 1 is 1.14 bits per heavy atom. The highest BCUT2D eigenvalue weighted by molar-refractivity contribution is 5.67. The second-order valence-electron chi connectivity index (χ2n) is 6.88. The number of carboxylic acid groups (broad SMARTS) is 1. The molecular weight excluding hydrogens is 264 g/mol. The van der Waals surface area contributed by atoms with Crippen molar-refractivity contribution in [1.29, 1.82) is 0 Å². The molecule has 3 heteroatoms. The fraction of sp³-hybridized carbons (Fsp3) is 0.611. The van der Waals surface area contributed by atoms with Crippen LogP contribution in [0, 0.1) is 5.41 Å². The van der Waals surface area contributed by atoms with Gasteiger partial charge in [-0.2, -0.15) is 0 Å². The fourth-order valence-electron chi connectivity index (χ4n) is 4.23. The summed E-state index contributed by atoms with van der Waals surface area (Å²) >= 11 is 0. The number of rotatable bonds is 5. The van der Waals surface area contributed by atoms with E-state index < -0.39 is 12.1 Å². The molecule has 0 amide bonds. The van der Waals surface area contributed by atoms with Gasteiger partial charge in [0.05, 0.1) is 12.5 Å². The van der Waals surface area contributed by atoms with Crippen LogP contribution in [0.4, 0.5) is 0 Å². The normalized spacial score (nSPS) is 21.2. The van der Waals surface area contributed by atoms with Crippen molar-refractivity contribution in [3.8, 4) is 0 Å². The van der Waals surface area contributed by atoms with Crippen LogP contribution in [0.2, 0.25) is 0 Å². The summed E-state index contributed by atoms with van der Waals surface area (Å²) in [7, 11) is 0. The standard InChI is InChI=1S/C18H24O3/c19-16(11-18(12-17(20)21)8-1-2-9-18)15-7-6-13-4-3-5-14(13)10-15/h6-7,10,16,19H,1-5,8-9,11-12H2,(H,20,21). The van der Waals surface area contributed by atoms with Crippen LogP contribution >= 0.6 is 0 Å². The van der Waals surface area contributed by atoms with Gasteiger partial charge in [-0.1, -0.05) is 31.0 Å². The lowest BCUT2D eigenvalue weighted by molar-refractivity contribution is -0.140. The van der Waals surface area contributed by atoms with Crippen molar-refractivity contribution < 1.29 is 15.0 Å². The number of benzene rings is 1. The molecule has 3 nitrogen and oxygen atoms in total. The molecule has 0 spiro atoms. The van der Waals surface area contributed by atoms with Crippen LogP contribution in [0.25, 0.3) is 0 Å². The van der Waals surface area contributed by atoms with E-state index in [1.165, 1.54) is 17.5 Å². The number of hydrogen-bond donors (Lipinski definition) is 2. The molecule has 1 unspecified atom stereocenters. The molecule has 1 fully saturated rings. The van der Waals surface area contributed by atoms with E-state index in [0.717, 1.165) is 44.1 Å². The average molecular weight is 288 g/mol. The Hall–Kier alpha value is -1.35.